The molecule has 3 N–H and O–H groups in total. The number of carbonyl (C=O) groups excluding carboxylic acids is 1. The van der Waals surface area contributed by atoms with E-state index in [1.807, 2.05) is 0 Å². The summed E-state index contributed by atoms with van der Waals surface area (Å²) in [7, 11) is 0. The van der Waals surface area contributed by atoms with Crippen molar-refractivity contribution in [1.82, 2.24) is 15.1 Å². The molecule has 0 aromatic carbocycles. The van der Waals surface area contributed by atoms with Crippen LogP contribution in [0.3, 0.4) is 0 Å². The summed E-state index contributed by atoms with van der Waals surface area (Å²) in [5, 5.41) is 18.6. The molecule has 1 aliphatic heterocycles. The first kappa shape index (κ1) is 14.5. The highest BCUT2D eigenvalue weighted by Crippen LogP contribution is 2.18. The van der Waals surface area contributed by atoms with Crippen molar-refractivity contribution in [3.63, 3.8) is 0 Å². The van der Waals surface area contributed by atoms with Crippen molar-refractivity contribution < 1.29 is 14.7 Å². The van der Waals surface area contributed by atoms with Gasteiger partial charge in [0.05, 0.1) is 11.9 Å². The van der Waals surface area contributed by atoms with Gasteiger partial charge in [-0.15, -0.1) is 0 Å². The Morgan fingerprint density at radius 1 is 1.45 bits per heavy atom. The fourth-order valence-corrected chi connectivity index (χ4v) is 2.38. The fraction of sp³-hybridized carbons (Fsp3) is 0.615. The number of carbonyl (C=O) groups is 2. The van der Waals surface area contributed by atoms with Gasteiger partial charge in [-0.2, -0.15) is 5.10 Å². The standard InChI is InChI=1S/C13H20N4O3/c18-12(2-1-10-3-5-14-6-4-10)16-11-7-15-17(8-11)9-13(19)20/h7-8,10,14H,1-6,9H2,(H,16,18)(H,19,20). The SMILES string of the molecule is O=C(O)Cn1cc(NC(=O)CCC2CCNCC2)cn1. The number of rotatable bonds is 6. The summed E-state index contributed by atoms with van der Waals surface area (Å²) in [5.41, 5.74) is 0.543. The topological polar surface area (TPSA) is 96.2 Å². The maximum atomic E-state index is 11.8. The number of amides is 1. The summed E-state index contributed by atoms with van der Waals surface area (Å²) in [4.78, 5) is 22.3. The molecule has 7 heteroatoms. The maximum absolute atomic E-state index is 11.8. The molecule has 0 saturated carbocycles. The molecule has 1 aromatic heterocycles. The molecule has 1 saturated heterocycles. The van der Waals surface area contributed by atoms with E-state index in [0.29, 0.717) is 18.0 Å². The second-order valence-corrected chi connectivity index (χ2v) is 5.10. The average Bonchev–Trinajstić information content (AvgIpc) is 2.84. The molecule has 0 unspecified atom stereocenters. The number of anilines is 1. The largest absolute Gasteiger partial charge is 0.480 e. The third-order valence-electron chi connectivity index (χ3n) is 3.45. The minimum absolute atomic E-state index is 0.0431. The van der Waals surface area contributed by atoms with Gasteiger partial charge in [0.2, 0.25) is 5.91 Å². The van der Waals surface area contributed by atoms with E-state index < -0.39 is 5.97 Å². The molecule has 0 bridgehead atoms. The molecule has 0 radical (unpaired) electrons. The molecule has 1 aromatic rings. The van der Waals surface area contributed by atoms with Crippen LogP contribution in [-0.2, 0) is 16.1 Å². The van der Waals surface area contributed by atoms with E-state index in [4.69, 9.17) is 5.11 Å². The van der Waals surface area contributed by atoms with Gasteiger partial charge < -0.3 is 15.7 Å². The molecule has 2 heterocycles. The summed E-state index contributed by atoms with van der Waals surface area (Å²) in [6.45, 7) is 1.87. The highest BCUT2D eigenvalue weighted by Gasteiger charge is 2.14. The maximum Gasteiger partial charge on any atom is 0.325 e. The van der Waals surface area contributed by atoms with Gasteiger partial charge in [0.25, 0.3) is 0 Å². The summed E-state index contributed by atoms with van der Waals surface area (Å²) in [6.07, 6.45) is 6.64. The number of nitrogens with zero attached hydrogens (tertiary/aromatic N) is 2. The lowest BCUT2D eigenvalue weighted by Gasteiger charge is -2.22. The zero-order valence-corrected chi connectivity index (χ0v) is 11.3. The molecular formula is C13H20N4O3. The van der Waals surface area contributed by atoms with E-state index in [-0.39, 0.29) is 12.5 Å². The minimum atomic E-state index is -0.961. The Morgan fingerprint density at radius 3 is 2.90 bits per heavy atom. The summed E-state index contributed by atoms with van der Waals surface area (Å²) in [6, 6.07) is 0. The van der Waals surface area contributed by atoms with Crippen molar-refractivity contribution in [3.05, 3.63) is 12.4 Å². The Labute approximate surface area is 117 Å². The fourth-order valence-electron chi connectivity index (χ4n) is 2.38. The van der Waals surface area contributed by atoms with Crippen LogP contribution in [0, 0.1) is 5.92 Å². The normalized spacial score (nSPS) is 16.0. The first-order chi connectivity index (χ1) is 9.63. The number of hydrogen-bond donors (Lipinski definition) is 3. The Morgan fingerprint density at radius 2 is 2.20 bits per heavy atom. The van der Waals surface area contributed by atoms with Gasteiger partial charge in [-0.05, 0) is 38.3 Å². The van der Waals surface area contributed by atoms with E-state index in [2.05, 4.69) is 15.7 Å². The zero-order valence-electron chi connectivity index (χ0n) is 11.3. The molecule has 1 fully saturated rings. The summed E-state index contributed by atoms with van der Waals surface area (Å²) < 4.78 is 1.28. The van der Waals surface area contributed by atoms with Crippen molar-refractivity contribution in [1.29, 1.82) is 0 Å². The first-order valence-electron chi connectivity index (χ1n) is 6.88. The Bertz CT molecular complexity index is 466. The van der Waals surface area contributed by atoms with Gasteiger partial charge in [0.15, 0.2) is 0 Å². The van der Waals surface area contributed by atoms with Gasteiger partial charge in [0.1, 0.15) is 6.54 Å². The summed E-state index contributed by atoms with van der Waals surface area (Å²) >= 11 is 0. The van der Waals surface area contributed by atoms with E-state index in [1.54, 1.807) is 0 Å². The molecule has 20 heavy (non-hydrogen) atoms. The highest BCUT2D eigenvalue weighted by atomic mass is 16.4. The Hall–Kier alpha value is -1.89. The summed E-state index contributed by atoms with van der Waals surface area (Å²) in [5.74, 6) is -0.382. The van der Waals surface area contributed by atoms with Crippen LogP contribution in [0.4, 0.5) is 5.69 Å². The lowest BCUT2D eigenvalue weighted by molar-refractivity contribution is -0.137. The quantitative estimate of drug-likeness (QED) is 0.712. The van der Waals surface area contributed by atoms with Crippen LogP contribution in [0.2, 0.25) is 0 Å². The molecule has 7 nitrogen and oxygen atoms in total. The number of carboxylic acids is 1. The first-order valence-corrected chi connectivity index (χ1v) is 6.88. The van der Waals surface area contributed by atoms with Crippen LogP contribution in [0.1, 0.15) is 25.7 Å². The Kier molecular flexibility index (Phi) is 5.11. The Balaban J connectivity index is 1.73. The van der Waals surface area contributed by atoms with Gasteiger partial charge >= 0.3 is 5.97 Å². The lowest BCUT2D eigenvalue weighted by Crippen LogP contribution is -2.28. The second kappa shape index (κ2) is 7.04. The monoisotopic (exact) mass is 280 g/mol. The van der Waals surface area contributed by atoms with Gasteiger partial charge in [-0.3, -0.25) is 14.3 Å². The number of hydrogen-bond acceptors (Lipinski definition) is 4. The highest BCUT2D eigenvalue weighted by molar-refractivity contribution is 5.90. The third-order valence-corrected chi connectivity index (χ3v) is 3.45. The van der Waals surface area contributed by atoms with Crippen LogP contribution in [0.5, 0.6) is 0 Å². The number of aromatic nitrogens is 2. The molecule has 1 amide bonds. The van der Waals surface area contributed by atoms with E-state index in [1.165, 1.54) is 17.1 Å². The zero-order chi connectivity index (χ0) is 14.4. The van der Waals surface area contributed by atoms with Gasteiger partial charge in [0, 0.05) is 12.6 Å². The number of piperidine rings is 1. The van der Waals surface area contributed by atoms with Crippen molar-refractivity contribution >= 4 is 17.6 Å². The van der Waals surface area contributed by atoms with Crippen LogP contribution >= 0.6 is 0 Å². The smallest absolute Gasteiger partial charge is 0.325 e. The predicted octanol–water partition coefficient (Wildman–Crippen LogP) is 0.686. The van der Waals surface area contributed by atoms with Gasteiger partial charge in [-0.1, -0.05) is 0 Å². The average molecular weight is 280 g/mol. The van der Waals surface area contributed by atoms with Crippen molar-refractivity contribution in [2.75, 3.05) is 18.4 Å². The predicted molar refractivity (Wildman–Crippen MR) is 73.3 cm³/mol. The number of nitrogens with one attached hydrogen (secondary N) is 2. The van der Waals surface area contributed by atoms with Crippen LogP contribution in [0.15, 0.2) is 12.4 Å². The number of aliphatic carboxylic acids is 1. The molecule has 0 atom stereocenters. The molecule has 110 valence electrons. The molecule has 0 spiro atoms. The molecule has 2 rings (SSSR count). The van der Waals surface area contributed by atoms with Crippen molar-refractivity contribution in [2.24, 2.45) is 5.92 Å². The molecular weight excluding hydrogens is 260 g/mol. The third kappa shape index (κ3) is 4.65. The minimum Gasteiger partial charge on any atom is -0.480 e. The van der Waals surface area contributed by atoms with Crippen molar-refractivity contribution in [2.45, 2.75) is 32.2 Å². The van der Waals surface area contributed by atoms with Crippen LogP contribution < -0.4 is 10.6 Å². The van der Waals surface area contributed by atoms with Crippen LogP contribution in [0.25, 0.3) is 0 Å². The van der Waals surface area contributed by atoms with E-state index in [9.17, 15) is 9.59 Å². The molecule has 1 aliphatic rings. The van der Waals surface area contributed by atoms with Crippen LogP contribution in [-0.4, -0.2) is 39.9 Å². The molecule has 0 aliphatic carbocycles. The van der Waals surface area contributed by atoms with E-state index >= 15 is 0 Å². The second-order valence-electron chi connectivity index (χ2n) is 5.10. The van der Waals surface area contributed by atoms with Crippen molar-refractivity contribution in [3.8, 4) is 0 Å². The lowest BCUT2D eigenvalue weighted by atomic mass is 9.93. The number of carboxylic acid groups (broad SMARTS) is 1. The van der Waals surface area contributed by atoms with E-state index in [0.717, 1.165) is 32.4 Å². The van der Waals surface area contributed by atoms with Gasteiger partial charge in [-0.25, -0.2) is 0 Å².